The third-order valence-electron chi connectivity index (χ3n) is 0.143. The van der Waals surface area contributed by atoms with Crippen LogP contribution in [0.15, 0.2) is 6.08 Å². The maximum absolute atomic E-state index is 9.19. The maximum Gasteiger partial charge on any atom is 0.165 e. The second kappa shape index (κ2) is 5.31. The molecular weight excluding hydrogens is 157 g/mol. The normalized spacial score (nSPS) is 5.33. The van der Waals surface area contributed by atoms with Crippen LogP contribution in [0.25, 0.3) is 0 Å². The zero-order valence-corrected chi connectivity index (χ0v) is 5.93. The number of hydrogen-bond donors (Lipinski definition) is 1. The van der Waals surface area contributed by atoms with Crippen LogP contribution in [0.1, 0.15) is 0 Å². The van der Waals surface area contributed by atoms with Crippen LogP contribution in [0, 0.1) is 6.58 Å². The molecule has 2 nitrogen and oxygen atoms in total. The minimum absolute atomic E-state index is 0. The Morgan fingerprint density at radius 3 is 2.00 bits per heavy atom. The second-order valence-corrected chi connectivity index (χ2v) is 0.505. The van der Waals surface area contributed by atoms with Gasteiger partial charge in [0.05, 0.1) is 0 Å². The molecule has 0 aliphatic heterocycles. The maximum atomic E-state index is 9.19. The van der Waals surface area contributed by atoms with Crippen molar-refractivity contribution in [3.05, 3.63) is 12.7 Å². The Morgan fingerprint density at radius 1 is 1.83 bits per heavy atom. The summed E-state index contributed by atoms with van der Waals surface area (Å²) in [5.41, 5.74) is 0. The monoisotopic (exact) mass is 160 g/mol. The van der Waals surface area contributed by atoms with E-state index in [0.717, 1.165) is 0 Å². The van der Waals surface area contributed by atoms with Crippen molar-refractivity contribution < 1.29 is 42.6 Å². The van der Waals surface area contributed by atoms with Crippen molar-refractivity contribution >= 4 is 5.97 Å². The van der Waals surface area contributed by atoms with Crippen molar-refractivity contribution in [3.63, 3.8) is 0 Å². The molecule has 0 aliphatic rings. The van der Waals surface area contributed by atoms with Gasteiger partial charge in [-0.05, 0) is 0 Å². The molecule has 0 atom stereocenters. The van der Waals surface area contributed by atoms with Gasteiger partial charge in [0.25, 0.3) is 0 Å². The van der Waals surface area contributed by atoms with Gasteiger partial charge < -0.3 is 9.90 Å². The van der Waals surface area contributed by atoms with Gasteiger partial charge in [-0.3, -0.25) is 6.58 Å². The second-order valence-electron chi connectivity index (χ2n) is 0.505. The Bertz CT molecular complexity index is 59.8. The van der Waals surface area contributed by atoms with Crippen LogP contribution in [-0.2, 0) is 37.5 Å². The molecule has 0 heterocycles. The SMILES string of the molecule is [CH-]=CC(=O)O.[Y]. The summed E-state index contributed by atoms with van der Waals surface area (Å²) in [6, 6.07) is 0. The first-order valence-electron chi connectivity index (χ1n) is 1.05. The first kappa shape index (κ1) is 9.58. The molecule has 3 heteroatoms. The van der Waals surface area contributed by atoms with E-state index in [1.54, 1.807) is 0 Å². The quantitative estimate of drug-likeness (QED) is 0.434. The first-order chi connectivity index (χ1) is 2.27. The Morgan fingerprint density at radius 2 is 2.00 bits per heavy atom. The van der Waals surface area contributed by atoms with E-state index in [9.17, 15) is 4.79 Å². The zero-order valence-electron chi connectivity index (χ0n) is 3.09. The molecular formula is C3H3O2Y-. The minimum atomic E-state index is -1.09. The van der Waals surface area contributed by atoms with E-state index in [0.29, 0.717) is 6.08 Å². The Balaban J connectivity index is 0. The van der Waals surface area contributed by atoms with E-state index in [-0.39, 0.29) is 32.7 Å². The summed E-state index contributed by atoms with van der Waals surface area (Å²) in [4.78, 5) is 9.19. The van der Waals surface area contributed by atoms with E-state index in [1.807, 2.05) is 0 Å². The van der Waals surface area contributed by atoms with Gasteiger partial charge in [0, 0.05) is 32.7 Å². The van der Waals surface area contributed by atoms with Crippen LogP contribution < -0.4 is 0 Å². The molecule has 1 radical (unpaired) electrons. The fraction of sp³-hybridized carbons (Fsp3) is 0. The fourth-order valence-corrected chi connectivity index (χ4v) is 0. The van der Waals surface area contributed by atoms with Crippen LogP contribution in [0.3, 0.4) is 0 Å². The van der Waals surface area contributed by atoms with Gasteiger partial charge in [0.1, 0.15) is 0 Å². The van der Waals surface area contributed by atoms with Crippen LogP contribution >= 0.6 is 0 Å². The largest absolute Gasteiger partial charge is 0.562 e. The topological polar surface area (TPSA) is 37.3 Å². The molecule has 1 N–H and O–H groups in total. The average molecular weight is 160 g/mol. The minimum Gasteiger partial charge on any atom is -0.562 e. The van der Waals surface area contributed by atoms with E-state index >= 15 is 0 Å². The number of carboxylic acids is 1. The molecule has 0 aromatic rings. The zero-order chi connectivity index (χ0) is 4.28. The molecule has 0 bridgehead atoms. The molecule has 0 aliphatic carbocycles. The smallest absolute Gasteiger partial charge is 0.165 e. The molecule has 0 rings (SSSR count). The predicted molar refractivity (Wildman–Crippen MR) is 16.5 cm³/mol. The molecule has 0 saturated heterocycles. The first-order valence-corrected chi connectivity index (χ1v) is 1.05. The number of rotatable bonds is 1. The van der Waals surface area contributed by atoms with Gasteiger partial charge in [0.2, 0.25) is 0 Å². The third-order valence-corrected chi connectivity index (χ3v) is 0.143. The Hall–Kier alpha value is 0.314. The molecule has 0 unspecified atom stereocenters. The van der Waals surface area contributed by atoms with Crippen LogP contribution in [0.2, 0.25) is 0 Å². The summed E-state index contributed by atoms with van der Waals surface area (Å²) in [5, 5.41) is 7.54. The summed E-state index contributed by atoms with van der Waals surface area (Å²) < 4.78 is 0. The van der Waals surface area contributed by atoms with E-state index in [1.165, 1.54) is 0 Å². The summed E-state index contributed by atoms with van der Waals surface area (Å²) in [6.45, 7) is 4.45. The number of carboxylic acid groups (broad SMARTS) is 1. The molecule has 6 heavy (non-hydrogen) atoms. The van der Waals surface area contributed by atoms with Gasteiger partial charge in [-0.25, -0.2) is 0 Å². The van der Waals surface area contributed by atoms with Crippen molar-refractivity contribution in [2.75, 3.05) is 0 Å². The van der Waals surface area contributed by atoms with Crippen molar-refractivity contribution in [2.24, 2.45) is 0 Å². The molecule has 0 saturated carbocycles. The number of aliphatic carboxylic acids is 1. The summed E-state index contributed by atoms with van der Waals surface area (Å²) >= 11 is 0. The number of carbonyl (C=O) groups is 1. The third kappa shape index (κ3) is 8.85. The Kier molecular flexibility index (Phi) is 8.48. The van der Waals surface area contributed by atoms with Gasteiger partial charge in [-0.1, -0.05) is 0 Å². The van der Waals surface area contributed by atoms with Gasteiger partial charge in [-0.15, -0.1) is 0 Å². The van der Waals surface area contributed by atoms with Crippen LogP contribution in [0.4, 0.5) is 0 Å². The van der Waals surface area contributed by atoms with Crippen molar-refractivity contribution in [1.82, 2.24) is 0 Å². The van der Waals surface area contributed by atoms with Crippen LogP contribution in [-0.4, -0.2) is 11.1 Å². The van der Waals surface area contributed by atoms with Gasteiger partial charge >= 0.3 is 0 Å². The summed E-state index contributed by atoms with van der Waals surface area (Å²) in [6.07, 6.45) is 0.583. The van der Waals surface area contributed by atoms with Gasteiger partial charge in [0.15, 0.2) is 5.97 Å². The van der Waals surface area contributed by atoms with Crippen LogP contribution in [0.5, 0.6) is 0 Å². The molecule has 0 fully saturated rings. The van der Waals surface area contributed by atoms with Crippen molar-refractivity contribution in [3.8, 4) is 0 Å². The molecule has 0 aromatic carbocycles. The van der Waals surface area contributed by atoms with Crippen molar-refractivity contribution in [2.45, 2.75) is 0 Å². The molecule has 0 spiro atoms. The molecule has 31 valence electrons. The van der Waals surface area contributed by atoms with Gasteiger partial charge in [-0.2, -0.15) is 6.08 Å². The molecule has 0 aromatic heterocycles. The average Bonchev–Trinajstić information content (AvgIpc) is 1.38. The Labute approximate surface area is 61.1 Å². The standard InChI is InChI=1S/C3H3O2.Y/c1-2-3(4)5;/h1-2H,(H,4,5);/q-1;. The molecule has 0 amide bonds. The summed E-state index contributed by atoms with van der Waals surface area (Å²) in [5.74, 6) is -1.09. The van der Waals surface area contributed by atoms with E-state index in [2.05, 4.69) is 6.58 Å². The van der Waals surface area contributed by atoms with E-state index in [4.69, 9.17) is 5.11 Å². The van der Waals surface area contributed by atoms with Crippen molar-refractivity contribution in [1.29, 1.82) is 0 Å². The fourth-order valence-electron chi connectivity index (χ4n) is 0. The number of hydrogen-bond acceptors (Lipinski definition) is 1. The predicted octanol–water partition coefficient (Wildman–Crippen LogP) is 0.0577. The summed E-state index contributed by atoms with van der Waals surface area (Å²) in [7, 11) is 0. The van der Waals surface area contributed by atoms with E-state index < -0.39 is 5.97 Å².